The number of hydrogen-bond acceptors (Lipinski definition) is 4. The van der Waals surface area contributed by atoms with Gasteiger partial charge in [0, 0.05) is 29.7 Å². The first-order valence-electron chi connectivity index (χ1n) is 6.86. The van der Waals surface area contributed by atoms with Crippen molar-refractivity contribution in [1.29, 1.82) is 0 Å². The Kier molecular flexibility index (Phi) is 5.45. The molecule has 114 valence electrons. The average Bonchev–Trinajstić information content (AvgIpc) is 2.72. The van der Waals surface area contributed by atoms with Gasteiger partial charge in [0.1, 0.15) is 5.60 Å². The summed E-state index contributed by atoms with van der Waals surface area (Å²) in [4.78, 5) is 14.0. The van der Waals surface area contributed by atoms with Crippen molar-refractivity contribution in [1.82, 2.24) is 4.90 Å². The number of rotatable bonds is 4. The number of hydrogen-bond donors (Lipinski definition) is 1. The third-order valence-corrected chi connectivity index (χ3v) is 3.29. The minimum atomic E-state index is -0.471. The Morgan fingerprint density at radius 1 is 1.30 bits per heavy atom. The smallest absolute Gasteiger partial charge is 0.410 e. The number of ether oxygens (including phenoxy) is 1. The fourth-order valence-corrected chi connectivity index (χ4v) is 2.31. The van der Waals surface area contributed by atoms with Crippen molar-refractivity contribution in [3.63, 3.8) is 0 Å². The minimum absolute atomic E-state index is 0.265. The lowest BCUT2D eigenvalue weighted by atomic mass is 10.1. The fourth-order valence-electron chi connectivity index (χ4n) is 1.69. The van der Waals surface area contributed by atoms with E-state index in [1.165, 1.54) is 0 Å². The molecule has 0 saturated carbocycles. The summed E-state index contributed by atoms with van der Waals surface area (Å²) in [6, 6.07) is 2.03. The van der Waals surface area contributed by atoms with Crippen LogP contribution in [0.1, 0.15) is 41.5 Å². The number of nitrogens with zero attached hydrogens (tertiary/aromatic N) is 1. The van der Waals surface area contributed by atoms with Gasteiger partial charge in [-0.1, -0.05) is 0 Å². The summed E-state index contributed by atoms with van der Waals surface area (Å²) in [6.07, 6.45) is -0.267. The van der Waals surface area contributed by atoms with Gasteiger partial charge < -0.3 is 15.0 Å². The molecule has 20 heavy (non-hydrogen) atoms. The Bertz CT molecular complexity index is 416. The third kappa shape index (κ3) is 5.82. The fraction of sp³-hybridized carbons (Fsp3) is 0.667. The first kappa shape index (κ1) is 16.8. The van der Waals surface area contributed by atoms with Crippen molar-refractivity contribution in [3.05, 3.63) is 16.8 Å². The number of thiophene rings is 1. The lowest BCUT2D eigenvalue weighted by Gasteiger charge is -2.36. The van der Waals surface area contributed by atoms with Crippen LogP contribution < -0.4 is 5.32 Å². The molecule has 0 atom stereocenters. The van der Waals surface area contributed by atoms with Crippen molar-refractivity contribution in [2.24, 2.45) is 0 Å². The molecule has 0 aliphatic rings. The first-order chi connectivity index (χ1) is 9.09. The summed E-state index contributed by atoms with van der Waals surface area (Å²) >= 11 is 1.65. The average molecular weight is 298 g/mol. The van der Waals surface area contributed by atoms with Gasteiger partial charge >= 0.3 is 6.09 Å². The summed E-state index contributed by atoms with van der Waals surface area (Å²) in [5, 5.41) is 7.38. The molecular formula is C15H26N2O2S. The van der Waals surface area contributed by atoms with Gasteiger partial charge in [0.25, 0.3) is 0 Å². The summed E-state index contributed by atoms with van der Waals surface area (Å²) in [7, 11) is 0. The van der Waals surface area contributed by atoms with E-state index in [2.05, 4.69) is 10.7 Å². The maximum absolute atomic E-state index is 12.3. The molecule has 5 heteroatoms. The molecule has 1 rings (SSSR count). The largest absolute Gasteiger partial charge is 0.444 e. The van der Waals surface area contributed by atoms with E-state index in [1.807, 2.05) is 53.0 Å². The standard InChI is InChI=1S/C15H26N2O2S/c1-14(2,3)17(13(18)19-15(4,5)6)9-8-16-12-7-10-20-11-12/h7,10-11,16H,8-9H2,1-6H3. The van der Waals surface area contributed by atoms with E-state index in [-0.39, 0.29) is 11.6 Å². The molecule has 0 aliphatic heterocycles. The van der Waals surface area contributed by atoms with Gasteiger partial charge in [-0.2, -0.15) is 11.3 Å². The zero-order valence-corrected chi connectivity index (χ0v) is 14.1. The highest BCUT2D eigenvalue weighted by molar-refractivity contribution is 7.08. The van der Waals surface area contributed by atoms with Gasteiger partial charge in [0.15, 0.2) is 0 Å². The predicted octanol–water partition coefficient (Wildman–Crippen LogP) is 4.20. The van der Waals surface area contributed by atoms with Crippen molar-refractivity contribution >= 4 is 23.1 Å². The van der Waals surface area contributed by atoms with E-state index in [9.17, 15) is 4.79 Å². The maximum Gasteiger partial charge on any atom is 0.410 e. The number of amides is 1. The Balaban J connectivity index is 2.58. The second-order valence-corrected chi connectivity index (χ2v) is 7.52. The van der Waals surface area contributed by atoms with Crippen LogP contribution in [0.15, 0.2) is 16.8 Å². The van der Waals surface area contributed by atoms with Crippen LogP contribution in [0, 0.1) is 0 Å². The molecule has 0 saturated heterocycles. The molecule has 0 spiro atoms. The molecule has 0 aromatic carbocycles. The van der Waals surface area contributed by atoms with Crippen LogP contribution in [-0.2, 0) is 4.74 Å². The van der Waals surface area contributed by atoms with Crippen molar-refractivity contribution in [2.45, 2.75) is 52.7 Å². The monoisotopic (exact) mass is 298 g/mol. The molecule has 4 nitrogen and oxygen atoms in total. The van der Waals surface area contributed by atoms with Crippen LogP contribution in [0.4, 0.5) is 10.5 Å². The highest BCUT2D eigenvalue weighted by atomic mass is 32.1. The van der Waals surface area contributed by atoms with E-state index < -0.39 is 5.60 Å². The molecule has 0 bridgehead atoms. The topological polar surface area (TPSA) is 41.6 Å². The van der Waals surface area contributed by atoms with Crippen molar-refractivity contribution in [2.75, 3.05) is 18.4 Å². The molecule has 0 radical (unpaired) electrons. The molecule has 0 fully saturated rings. The number of nitrogens with one attached hydrogen (secondary N) is 1. The van der Waals surface area contributed by atoms with Crippen LogP contribution in [0.5, 0.6) is 0 Å². The van der Waals surface area contributed by atoms with Gasteiger partial charge in [-0.05, 0) is 53.0 Å². The zero-order chi connectivity index (χ0) is 15.4. The Labute approximate surface area is 126 Å². The number of carbonyl (C=O) groups excluding carboxylic acids is 1. The molecular weight excluding hydrogens is 272 g/mol. The van der Waals surface area contributed by atoms with E-state index in [4.69, 9.17) is 4.74 Å². The lowest BCUT2D eigenvalue weighted by molar-refractivity contribution is 0.00749. The van der Waals surface area contributed by atoms with E-state index in [0.29, 0.717) is 13.1 Å². The van der Waals surface area contributed by atoms with Gasteiger partial charge in [-0.15, -0.1) is 0 Å². The molecule has 1 N–H and O–H groups in total. The second kappa shape index (κ2) is 6.48. The molecule has 1 amide bonds. The number of anilines is 1. The summed E-state index contributed by atoms with van der Waals surface area (Å²) < 4.78 is 5.48. The van der Waals surface area contributed by atoms with Crippen LogP contribution in [-0.4, -0.2) is 35.2 Å². The molecule has 0 aliphatic carbocycles. The highest BCUT2D eigenvalue weighted by Crippen LogP contribution is 2.18. The SMILES string of the molecule is CC(C)(C)OC(=O)N(CCNc1ccsc1)C(C)(C)C. The van der Waals surface area contributed by atoms with E-state index in [0.717, 1.165) is 5.69 Å². The Morgan fingerprint density at radius 2 is 1.95 bits per heavy atom. The molecule has 1 aromatic rings. The quantitative estimate of drug-likeness (QED) is 0.906. The van der Waals surface area contributed by atoms with Crippen molar-refractivity contribution in [3.8, 4) is 0 Å². The van der Waals surface area contributed by atoms with Crippen LogP contribution in [0.3, 0.4) is 0 Å². The summed E-state index contributed by atoms with van der Waals surface area (Å²) in [5.74, 6) is 0. The molecule has 1 aromatic heterocycles. The predicted molar refractivity (Wildman–Crippen MR) is 85.5 cm³/mol. The van der Waals surface area contributed by atoms with Gasteiger partial charge in [-0.3, -0.25) is 0 Å². The summed E-state index contributed by atoms with van der Waals surface area (Å²) in [6.45, 7) is 13.0. The first-order valence-corrected chi connectivity index (χ1v) is 7.80. The van der Waals surface area contributed by atoms with Gasteiger partial charge in [0.2, 0.25) is 0 Å². The van der Waals surface area contributed by atoms with Crippen molar-refractivity contribution < 1.29 is 9.53 Å². The zero-order valence-electron chi connectivity index (χ0n) is 13.3. The Morgan fingerprint density at radius 3 is 2.40 bits per heavy atom. The summed E-state index contributed by atoms with van der Waals surface area (Å²) in [5.41, 5.74) is 0.355. The lowest BCUT2D eigenvalue weighted by Crippen LogP contribution is -2.49. The highest BCUT2D eigenvalue weighted by Gasteiger charge is 2.30. The van der Waals surface area contributed by atoms with Crippen LogP contribution >= 0.6 is 11.3 Å². The maximum atomic E-state index is 12.3. The second-order valence-electron chi connectivity index (χ2n) is 6.74. The molecule has 1 heterocycles. The number of carbonyl (C=O) groups is 1. The normalized spacial score (nSPS) is 12.1. The molecule has 0 unspecified atom stereocenters. The third-order valence-electron chi connectivity index (χ3n) is 2.61. The van der Waals surface area contributed by atoms with Gasteiger partial charge in [0.05, 0.1) is 0 Å². The van der Waals surface area contributed by atoms with Gasteiger partial charge in [-0.25, -0.2) is 4.79 Å². The minimum Gasteiger partial charge on any atom is -0.444 e. The van der Waals surface area contributed by atoms with Crippen LogP contribution in [0.25, 0.3) is 0 Å². The van der Waals surface area contributed by atoms with E-state index >= 15 is 0 Å². The van der Waals surface area contributed by atoms with Crippen LogP contribution in [0.2, 0.25) is 0 Å². The Hall–Kier alpha value is -1.23. The van der Waals surface area contributed by atoms with E-state index in [1.54, 1.807) is 16.2 Å².